The number of nitrogens with zero attached hydrogens (tertiary/aromatic N) is 1. The molecule has 0 bridgehead atoms. The van der Waals surface area contributed by atoms with Crippen molar-refractivity contribution in [1.29, 1.82) is 0 Å². The van der Waals surface area contributed by atoms with Gasteiger partial charge < -0.3 is 14.7 Å². The Morgan fingerprint density at radius 1 is 0.919 bits per heavy atom. The van der Waals surface area contributed by atoms with Crippen LogP contribution in [-0.4, -0.2) is 42.7 Å². The zero-order valence-corrected chi connectivity index (χ0v) is 20.4. The number of aromatic hydroxyl groups is 1. The molecule has 1 atom stereocenters. The highest BCUT2D eigenvalue weighted by Gasteiger charge is 2.31. The van der Waals surface area contributed by atoms with E-state index in [-0.39, 0.29) is 18.2 Å². The molecular formula is C30H29F4NO2. The number of phenols is 1. The van der Waals surface area contributed by atoms with Crippen molar-refractivity contribution in [2.24, 2.45) is 0 Å². The van der Waals surface area contributed by atoms with Gasteiger partial charge >= 0.3 is 6.36 Å². The van der Waals surface area contributed by atoms with Gasteiger partial charge in [-0.1, -0.05) is 42.5 Å². The Kier molecular flexibility index (Phi) is 7.24. The normalized spacial score (nSPS) is 18.2. The van der Waals surface area contributed by atoms with E-state index in [4.69, 9.17) is 0 Å². The lowest BCUT2D eigenvalue weighted by Gasteiger charge is -2.25. The number of ether oxygens (including phenoxy) is 1. The van der Waals surface area contributed by atoms with E-state index in [1.165, 1.54) is 17.7 Å². The van der Waals surface area contributed by atoms with Crippen molar-refractivity contribution in [3.63, 3.8) is 0 Å². The summed E-state index contributed by atoms with van der Waals surface area (Å²) in [4.78, 5) is 2.31. The Bertz CT molecular complexity index is 1270. The third-order valence-corrected chi connectivity index (χ3v) is 7.30. The van der Waals surface area contributed by atoms with Crippen LogP contribution in [0.5, 0.6) is 11.5 Å². The van der Waals surface area contributed by atoms with Gasteiger partial charge in [0.1, 0.15) is 11.5 Å². The lowest BCUT2D eigenvalue weighted by atomic mass is 9.79. The summed E-state index contributed by atoms with van der Waals surface area (Å²) in [5.41, 5.74) is 7.11. The second kappa shape index (κ2) is 10.6. The maximum atomic E-state index is 12.6. The van der Waals surface area contributed by atoms with Crippen LogP contribution >= 0.6 is 0 Å². The number of alkyl halides is 4. The third-order valence-electron chi connectivity index (χ3n) is 7.30. The zero-order chi connectivity index (χ0) is 26.0. The van der Waals surface area contributed by atoms with Gasteiger partial charge in [0.15, 0.2) is 0 Å². The van der Waals surface area contributed by atoms with Crippen LogP contribution in [0.15, 0.2) is 66.7 Å². The van der Waals surface area contributed by atoms with Crippen LogP contribution in [0.3, 0.4) is 0 Å². The van der Waals surface area contributed by atoms with Crippen molar-refractivity contribution in [2.45, 2.75) is 38.0 Å². The van der Waals surface area contributed by atoms with Crippen molar-refractivity contribution in [2.75, 3.05) is 26.3 Å². The SMILES string of the molecule is Oc1ccc2c(c1)C(c1ccc([C@@H]3CCN(CCCF)C3)cc1)=C(c1ccc(OC(F)(F)F)cc1)CC2. The first-order chi connectivity index (χ1) is 17.8. The van der Waals surface area contributed by atoms with Crippen molar-refractivity contribution >= 4 is 11.1 Å². The molecule has 1 aliphatic carbocycles. The second-order valence-corrected chi connectivity index (χ2v) is 9.72. The first kappa shape index (κ1) is 25.3. The monoisotopic (exact) mass is 511 g/mol. The highest BCUT2D eigenvalue weighted by atomic mass is 19.4. The molecule has 5 rings (SSSR count). The summed E-state index contributed by atoms with van der Waals surface area (Å²) in [6, 6.07) is 19.8. The molecule has 194 valence electrons. The summed E-state index contributed by atoms with van der Waals surface area (Å²) in [5, 5.41) is 10.3. The fourth-order valence-corrected chi connectivity index (χ4v) is 5.55. The predicted octanol–water partition coefficient (Wildman–Crippen LogP) is 7.35. The van der Waals surface area contributed by atoms with E-state index in [0.717, 1.165) is 72.3 Å². The van der Waals surface area contributed by atoms with E-state index in [9.17, 15) is 22.7 Å². The van der Waals surface area contributed by atoms with Crippen LogP contribution in [0, 0.1) is 0 Å². The Hall–Kier alpha value is -3.32. The number of hydrogen-bond acceptors (Lipinski definition) is 3. The summed E-state index contributed by atoms with van der Waals surface area (Å²) >= 11 is 0. The molecule has 1 heterocycles. The van der Waals surface area contributed by atoms with Gasteiger partial charge in [-0.3, -0.25) is 4.39 Å². The minimum Gasteiger partial charge on any atom is -0.508 e. The van der Waals surface area contributed by atoms with E-state index < -0.39 is 6.36 Å². The van der Waals surface area contributed by atoms with Crippen molar-refractivity contribution in [1.82, 2.24) is 4.90 Å². The molecule has 1 saturated heterocycles. The fourth-order valence-electron chi connectivity index (χ4n) is 5.55. The van der Waals surface area contributed by atoms with Crippen LogP contribution < -0.4 is 4.74 Å². The van der Waals surface area contributed by atoms with E-state index in [1.54, 1.807) is 24.3 Å². The molecule has 37 heavy (non-hydrogen) atoms. The average Bonchev–Trinajstić information content (AvgIpc) is 3.35. The fraction of sp³-hybridized carbons (Fsp3) is 0.333. The molecule has 3 aromatic carbocycles. The Morgan fingerprint density at radius 3 is 2.35 bits per heavy atom. The van der Waals surface area contributed by atoms with Gasteiger partial charge in [-0.05, 0) is 101 Å². The minimum absolute atomic E-state index is 0.169. The first-order valence-electron chi connectivity index (χ1n) is 12.6. The van der Waals surface area contributed by atoms with Gasteiger partial charge in [0.05, 0.1) is 6.67 Å². The van der Waals surface area contributed by atoms with Crippen molar-refractivity contribution in [3.8, 4) is 11.5 Å². The molecule has 7 heteroatoms. The number of halogens is 4. The molecular weight excluding hydrogens is 482 g/mol. The topological polar surface area (TPSA) is 32.7 Å². The lowest BCUT2D eigenvalue weighted by molar-refractivity contribution is -0.274. The maximum Gasteiger partial charge on any atom is 0.573 e. The number of phenolic OH excluding ortho intramolecular Hbond substituents is 1. The quantitative estimate of drug-likeness (QED) is 0.337. The Labute approximate surface area is 214 Å². The molecule has 1 N–H and O–H groups in total. The number of fused-ring (bicyclic) bond motifs is 1. The number of likely N-dealkylation sites (tertiary alicyclic amines) is 1. The molecule has 0 unspecified atom stereocenters. The largest absolute Gasteiger partial charge is 0.573 e. The first-order valence-corrected chi connectivity index (χ1v) is 12.6. The number of aryl methyl sites for hydroxylation is 1. The molecule has 1 fully saturated rings. The molecule has 1 aliphatic heterocycles. The van der Waals surface area contributed by atoms with Crippen LogP contribution in [0.2, 0.25) is 0 Å². The number of allylic oxidation sites excluding steroid dienone is 1. The van der Waals surface area contributed by atoms with E-state index in [0.29, 0.717) is 12.3 Å². The molecule has 3 nitrogen and oxygen atoms in total. The molecule has 0 saturated carbocycles. The average molecular weight is 512 g/mol. The summed E-state index contributed by atoms with van der Waals surface area (Å²) in [6.45, 7) is 2.40. The summed E-state index contributed by atoms with van der Waals surface area (Å²) in [7, 11) is 0. The second-order valence-electron chi connectivity index (χ2n) is 9.72. The molecule has 0 spiro atoms. The van der Waals surface area contributed by atoms with Gasteiger partial charge in [0, 0.05) is 13.1 Å². The van der Waals surface area contributed by atoms with Gasteiger partial charge in [0.25, 0.3) is 0 Å². The van der Waals surface area contributed by atoms with E-state index in [2.05, 4.69) is 33.9 Å². The number of benzene rings is 3. The van der Waals surface area contributed by atoms with Gasteiger partial charge in [-0.25, -0.2) is 0 Å². The van der Waals surface area contributed by atoms with E-state index in [1.807, 2.05) is 6.07 Å². The van der Waals surface area contributed by atoms with Crippen molar-refractivity contribution in [3.05, 3.63) is 94.5 Å². The highest BCUT2D eigenvalue weighted by Crippen LogP contribution is 2.42. The molecule has 2 aliphatic rings. The number of rotatable bonds is 7. The van der Waals surface area contributed by atoms with Crippen LogP contribution in [-0.2, 0) is 6.42 Å². The third kappa shape index (κ3) is 5.82. The molecule has 0 radical (unpaired) electrons. The van der Waals surface area contributed by atoms with Crippen LogP contribution in [0.1, 0.15) is 53.0 Å². The lowest BCUT2D eigenvalue weighted by Crippen LogP contribution is -2.21. The smallest absolute Gasteiger partial charge is 0.508 e. The molecule has 0 aromatic heterocycles. The summed E-state index contributed by atoms with van der Waals surface area (Å²) < 4.78 is 54.5. The Balaban J connectivity index is 1.49. The van der Waals surface area contributed by atoms with Gasteiger partial charge in [0.2, 0.25) is 0 Å². The maximum absolute atomic E-state index is 12.6. The van der Waals surface area contributed by atoms with Gasteiger partial charge in [-0.2, -0.15) is 0 Å². The minimum atomic E-state index is -4.74. The van der Waals surface area contributed by atoms with E-state index >= 15 is 0 Å². The molecule has 3 aromatic rings. The van der Waals surface area contributed by atoms with Gasteiger partial charge in [-0.15, -0.1) is 13.2 Å². The Morgan fingerprint density at radius 2 is 1.65 bits per heavy atom. The highest BCUT2D eigenvalue weighted by molar-refractivity contribution is 6.01. The van der Waals surface area contributed by atoms with Crippen molar-refractivity contribution < 1.29 is 27.4 Å². The van der Waals surface area contributed by atoms with Crippen LogP contribution in [0.25, 0.3) is 11.1 Å². The summed E-state index contributed by atoms with van der Waals surface area (Å²) in [5.74, 6) is 0.321. The molecule has 0 amide bonds. The summed E-state index contributed by atoms with van der Waals surface area (Å²) in [6.07, 6.45) is -1.63. The predicted molar refractivity (Wildman–Crippen MR) is 136 cm³/mol. The van der Waals surface area contributed by atoms with Crippen LogP contribution in [0.4, 0.5) is 17.6 Å². The zero-order valence-electron chi connectivity index (χ0n) is 20.4. The number of hydrogen-bond donors (Lipinski definition) is 1. The standard InChI is InChI=1S/C30H29F4NO2/c31-15-1-16-35-17-14-24(19-35)20-2-4-23(5-3-20)29-27(13-9-22-6-10-25(36)18-28(22)29)21-7-11-26(12-8-21)37-30(32,33)34/h2-8,10-12,18,24,36H,1,9,13-17,19H2/t24-/m1/s1.